The van der Waals surface area contributed by atoms with Crippen molar-refractivity contribution in [3.05, 3.63) is 89.5 Å². The molecule has 1 N–H and O–H groups in total. The van der Waals surface area contributed by atoms with Gasteiger partial charge in [-0.15, -0.1) is 13.2 Å². The lowest BCUT2D eigenvalue weighted by Crippen LogP contribution is -2.28. The SMILES string of the molecule is CC(c1ccc(OS(=O)(=O)C(F)(F)F)cc1)c1cccc(C(F)(F)F)c1NC=O.FC(F)(F)Oc1ccccc1. The van der Waals surface area contributed by atoms with E-state index in [1.807, 2.05) is 5.32 Å². The van der Waals surface area contributed by atoms with Gasteiger partial charge in [0.15, 0.2) is 0 Å². The third-order valence-electron chi connectivity index (χ3n) is 4.92. The summed E-state index contributed by atoms with van der Waals surface area (Å²) in [6, 6.07) is 14.6. The second kappa shape index (κ2) is 12.5. The molecule has 3 aromatic rings. The van der Waals surface area contributed by atoms with Crippen LogP contribution in [0.3, 0.4) is 0 Å². The molecule has 6 nitrogen and oxygen atoms in total. The Kier molecular flexibility index (Phi) is 10.1. The van der Waals surface area contributed by atoms with Crippen LogP contribution in [0.5, 0.6) is 11.5 Å². The number of para-hydroxylation sites is 2. The Morgan fingerprint density at radius 3 is 1.82 bits per heavy atom. The molecular weight excluding hydrogens is 585 g/mol. The second-order valence-corrected chi connectivity index (χ2v) is 9.20. The average Bonchev–Trinajstić information content (AvgIpc) is 2.83. The Morgan fingerprint density at radius 2 is 1.35 bits per heavy atom. The summed E-state index contributed by atoms with van der Waals surface area (Å²) in [5.41, 5.74) is -6.68. The van der Waals surface area contributed by atoms with Gasteiger partial charge in [0.05, 0.1) is 11.3 Å². The Balaban J connectivity index is 0.000000425. The lowest BCUT2D eigenvalue weighted by molar-refractivity contribution is -0.274. The normalized spacial score (nSPS) is 12.9. The Labute approximate surface area is 221 Å². The number of nitrogens with one attached hydrogen (secondary N) is 1. The van der Waals surface area contributed by atoms with E-state index in [4.69, 9.17) is 0 Å². The monoisotopic (exact) mass is 603 g/mol. The summed E-state index contributed by atoms with van der Waals surface area (Å²) in [5.74, 6) is -1.54. The molecule has 0 radical (unpaired) electrons. The van der Waals surface area contributed by atoms with E-state index in [1.54, 1.807) is 6.07 Å². The van der Waals surface area contributed by atoms with Crippen LogP contribution in [0.2, 0.25) is 0 Å². The molecule has 0 aliphatic rings. The van der Waals surface area contributed by atoms with Crippen molar-refractivity contribution in [2.45, 2.75) is 30.9 Å². The molecule has 0 saturated heterocycles. The highest BCUT2D eigenvalue weighted by Crippen LogP contribution is 2.40. The molecule has 0 aliphatic heterocycles. The minimum Gasteiger partial charge on any atom is -0.406 e. The number of benzene rings is 3. The molecule has 0 aliphatic carbocycles. The topological polar surface area (TPSA) is 81.7 Å². The van der Waals surface area contributed by atoms with Crippen molar-refractivity contribution in [3.8, 4) is 11.5 Å². The molecule has 0 heterocycles. The zero-order valence-corrected chi connectivity index (χ0v) is 20.8. The van der Waals surface area contributed by atoms with Gasteiger partial charge in [0.2, 0.25) is 6.41 Å². The lowest BCUT2D eigenvalue weighted by atomic mass is 9.90. The zero-order valence-electron chi connectivity index (χ0n) is 19.9. The first-order valence-electron chi connectivity index (χ1n) is 10.7. The summed E-state index contributed by atoms with van der Waals surface area (Å²) in [7, 11) is -5.85. The minimum absolute atomic E-state index is 0.0970. The van der Waals surface area contributed by atoms with Crippen molar-refractivity contribution in [2.24, 2.45) is 0 Å². The molecule has 0 aromatic heterocycles. The molecule has 0 saturated carbocycles. The van der Waals surface area contributed by atoms with E-state index in [1.165, 1.54) is 49.4 Å². The highest BCUT2D eigenvalue weighted by Gasteiger charge is 2.48. The Hall–Kier alpha value is -3.95. The summed E-state index contributed by atoms with van der Waals surface area (Å²) in [5, 5.41) is 2.03. The van der Waals surface area contributed by atoms with Crippen molar-refractivity contribution in [2.75, 3.05) is 5.32 Å². The number of hydrogen-bond acceptors (Lipinski definition) is 5. The summed E-state index contributed by atoms with van der Waals surface area (Å²) >= 11 is 0. The zero-order chi connectivity index (χ0) is 30.4. The molecular formula is C24H18F9NO5S. The maximum absolute atomic E-state index is 13.2. The standard InChI is InChI=1S/C17H13F6NO4S.C7H5F3O/c1-10(13-3-2-4-14(16(18,19)20)15(13)24-9-25)11-5-7-12(8-6-11)28-29(26,27)17(21,22)23;8-7(9,10)11-6-4-2-1-3-5-6/h2-10H,1H3,(H,24,25);1-5H. The van der Waals surface area contributed by atoms with E-state index >= 15 is 0 Å². The van der Waals surface area contributed by atoms with Crippen LogP contribution in [-0.4, -0.2) is 26.7 Å². The number of anilines is 1. The van der Waals surface area contributed by atoms with Crippen LogP contribution in [0.1, 0.15) is 29.5 Å². The van der Waals surface area contributed by atoms with Gasteiger partial charge < -0.3 is 14.2 Å². The van der Waals surface area contributed by atoms with Crippen LogP contribution in [0, 0.1) is 0 Å². The second-order valence-electron chi connectivity index (χ2n) is 7.66. The molecule has 3 aromatic carbocycles. The molecule has 0 fully saturated rings. The van der Waals surface area contributed by atoms with E-state index < -0.39 is 51.1 Å². The first-order chi connectivity index (χ1) is 18.4. The maximum Gasteiger partial charge on any atom is 0.573 e. The third kappa shape index (κ3) is 9.07. The molecule has 1 amide bonds. The van der Waals surface area contributed by atoms with Gasteiger partial charge in [0, 0.05) is 5.92 Å². The fraction of sp³-hybridized carbons (Fsp3) is 0.208. The quantitative estimate of drug-likeness (QED) is 0.133. The third-order valence-corrected chi connectivity index (χ3v) is 5.90. The largest absolute Gasteiger partial charge is 0.573 e. The number of rotatable bonds is 7. The van der Waals surface area contributed by atoms with Crippen LogP contribution in [0.25, 0.3) is 0 Å². The molecule has 0 bridgehead atoms. The number of ether oxygens (including phenoxy) is 1. The van der Waals surface area contributed by atoms with Gasteiger partial charge in [-0.25, -0.2) is 0 Å². The highest BCUT2D eigenvalue weighted by molar-refractivity contribution is 7.88. The van der Waals surface area contributed by atoms with E-state index in [0.29, 0.717) is 5.56 Å². The summed E-state index contributed by atoms with van der Waals surface area (Å²) < 4.78 is 141. The number of carbonyl (C=O) groups is 1. The molecule has 218 valence electrons. The van der Waals surface area contributed by atoms with Gasteiger partial charge >= 0.3 is 28.2 Å². The van der Waals surface area contributed by atoms with Crippen LogP contribution >= 0.6 is 0 Å². The van der Waals surface area contributed by atoms with E-state index in [-0.39, 0.29) is 17.7 Å². The van der Waals surface area contributed by atoms with E-state index in [2.05, 4.69) is 8.92 Å². The van der Waals surface area contributed by atoms with Crippen LogP contribution < -0.4 is 14.2 Å². The molecule has 3 rings (SSSR count). The highest BCUT2D eigenvalue weighted by atomic mass is 32.2. The lowest BCUT2D eigenvalue weighted by Gasteiger charge is -2.20. The van der Waals surface area contributed by atoms with E-state index in [0.717, 1.165) is 24.3 Å². The smallest absolute Gasteiger partial charge is 0.406 e. The first kappa shape index (κ1) is 32.3. The number of carbonyl (C=O) groups excluding carboxylic acids is 1. The predicted molar refractivity (Wildman–Crippen MR) is 124 cm³/mol. The van der Waals surface area contributed by atoms with Crippen molar-refractivity contribution < 1.29 is 61.6 Å². The van der Waals surface area contributed by atoms with Crippen molar-refractivity contribution in [3.63, 3.8) is 0 Å². The van der Waals surface area contributed by atoms with Gasteiger partial charge in [-0.1, -0.05) is 49.4 Å². The summed E-state index contributed by atoms with van der Waals surface area (Å²) in [6.45, 7) is 1.51. The molecule has 16 heteroatoms. The van der Waals surface area contributed by atoms with E-state index in [9.17, 15) is 52.7 Å². The number of amides is 1. The Bertz CT molecular complexity index is 1370. The van der Waals surface area contributed by atoms with Crippen LogP contribution in [0.15, 0.2) is 72.8 Å². The average molecular weight is 603 g/mol. The van der Waals surface area contributed by atoms with Gasteiger partial charge in [-0.3, -0.25) is 4.79 Å². The molecule has 1 unspecified atom stereocenters. The summed E-state index contributed by atoms with van der Waals surface area (Å²) in [4.78, 5) is 10.8. The predicted octanol–water partition coefficient (Wildman–Crippen LogP) is 7.24. The molecule has 40 heavy (non-hydrogen) atoms. The van der Waals surface area contributed by atoms with Crippen molar-refractivity contribution in [1.82, 2.24) is 0 Å². The fourth-order valence-electron chi connectivity index (χ4n) is 3.17. The van der Waals surface area contributed by atoms with Crippen LogP contribution in [-0.2, 0) is 21.1 Å². The Morgan fingerprint density at radius 1 is 0.775 bits per heavy atom. The minimum atomic E-state index is -5.85. The fourth-order valence-corrected chi connectivity index (χ4v) is 3.63. The molecule has 0 spiro atoms. The van der Waals surface area contributed by atoms with Crippen molar-refractivity contribution in [1.29, 1.82) is 0 Å². The van der Waals surface area contributed by atoms with Gasteiger partial charge in [0.1, 0.15) is 11.5 Å². The van der Waals surface area contributed by atoms with Gasteiger partial charge in [-0.2, -0.15) is 34.8 Å². The van der Waals surface area contributed by atoms with Crippen LogP contribution in [0.4, 0.5) is 45.2 Å². The summed E-state index contributed by atoms with van der Waals surface area (Å²) in [6.07, 6.45) is -9.23. The van der Waals surface area contributed by atoms with Crippen molar-refractivity contribution >= 4 is 22.2 Å². The molecule has 1 atom stereocenters. The van der Waals surface area contributed by atoms with Gasteiger partial charge in [-0.05, 0) is 41.5 Å². The number of halogens is 9. The number of alkyl halides is 9. The number of hydrogen-bond donors (Lipinski definition) is 1. The van der Waals surface area contributed by atoms with Gasteiger partial charge in [0.25, 0.3) is 0 Å². The first-order valence-corrected chi connectivity index (χ1v) is 12.1. The maximum atomic E-state index is 13.2.